The van der Waals surface area contributed by atoms with Gasteiger partial charge in [0.05, 0.1) is 5.56 Å². The first-order valence-electron chi connectivity index (χ1n) is 5.68. The fraction of sp³-hybridized carbons (Fsp3) is 0.0769. The minimum Gasteiger partial charge on any atom is -0.331 e. The zero-order valence-corrected chi connectivity index (χ0v) is 10.8. The van der Waals surface area contributed by atoms with Gasteiger partial charge in [-0.25, -0.2) is 9.97 Å². The second kappa shape index (κ2) is 4.75. The van der Waals surface area contributed by atoms with E-state index in [1.807, 2.05) is 0 Å². The standard InChI is InChI=1S/C13H8F3N3S/c14-13(15,16)8-3-1-4-9(7-8)18-12-19-10-5-2-6-17-11(10)20-12/h1-7H,(H,18,19). The number of nitrogens with zero attached hydrogens (tertiary/aromatic N) is 2. The number of rotatable bonds is 2. The third-order valence-corrected chi connectivity index (χ3v) is 3.50. The third-order valence-electron chi connectivity index (χ3n) is 2.61. The predicted octanol–water partition coefficient (Wildman–Crippen LogP) is 4.45. The first-order valence-corrected chi connectivity index (χ1v) is 6.50. The minimum atomic E-state index is -4.35. The van der Waals surface area contributed by atoms with Crippen LogP contribution in [-0.2, 0) is 6.18 Å². The molecule has 2 heterocycles. The Morgan fingerprint density at radius 1 is 1.10 bits per heavy atom. The molecule has 0 atom stereocenters. The monoisotopic (exact) mass is 295 g/mol. The van der Waals surface area contributed by atoms with Crippen molar-refractivity contribution >= 4 is 32.5 Å². The van der Waals surface area contributed by atoms with Gasteiger partial charge >= 0.3 is 6.18 Å². The smallest absolute Gasteiger partial charge is 0.331 e. The summed E-state index contributed by atoms with van der Waals surface area (Å²) in [6, 6.07) is 8.57. The van der Waals surface area contributed by atoms with Crippen molar-refractivity contribution in [2.75, 3.05) is 5.32 Å². The second-order valence-electron chi connectivity index (χ2n) is 4.05. The van der Waals surface area contributed by atoms with Gasteiger partial charge in [0.1, 0.15) is 10.3 Å². The van der Waals surface area contributed by atoms with Gasteiger partial charge in [0, 0.05) is 11.9 Å². The van der Waals surface area contributed by atoms with E-state index in [4.69, 9.17) is 0 Å². The Hall–Kier alpha value is -2.15. The molecular formula is C13H8F3N3S. The number of anilines is 2. The number of benzene rings is 1. The topological polar surface area (TPSA) is 37.8 Å². The highest BCUT2D eigenvalue weighted by atomic mass is 32.1. The van der Waals surface area contributed by atoms with E-state index < -0.39 is 11.7 Å². The average molecular weight is 295 g/mol. The van der Waals surface area contributed by atoms with Crippen LogP contribution in [0.3, 0.4) is 0 Å². The number of hydrogen-bond acceptors (Lipinski definition) is 4. The molecule has 0 radical (unpaired) electrons. The number of pyridine rings is 1. The Bertz CT molecular complexity index is 719. The fourth-order valence-corrected chi connectivity index (χ4v) is 2.55. The molecule has 0 aliphatic carbocycles. The van der Waals surface area contributed by atoms with Gasteiger partial charge in [0.2, 0.25) is 0 Å². The number of thiazole rings is 1. The first-order chi connectivity index (χ1) is 9.52. The number of aromatic nitrogens is 2. The maximum Gasteiger partial charge on any atom is 0.416 e. The van der Waals surface area contributed by atoms with Gasteiger partial charge in [-0.3, -0.25) is 0 Å². The summed E-state index contributed by atoms with van der Waals surface area (Å²) in [7, 11) is 0. The average Bonchev–Trinajstić information content (AvgIpc) is 2.80. The molecule has 0 saturated carbocycles. The van der Waals surface area contributed by atoms with E-state index in [0.717, 1.165) is 17.0 Å². The van der Waals surface area contributed by atoms with Gasteiger partial charge in [-0.2, -0.15) is 13.2 Å². The number of nitrogens with one attached hydrogen (secondary N) is 1. The second-order valence-corrected chi connectivity index (χ2v) is 5.03. The maximum absolute atomic E-state index is 12.6. The van der Waals surface area contributed by atoms with Crippen molar-refractivity contribution in [3.8, 4) is 0 Å². The molecule has 1 aromatic carbocycles. The summed E-state index contributed by atoms with van der Waals surface area (Å²) in [5.41, 5.74) is 0.368. The molecule has 2 aromatic heterocycles. The van der Waals surface area contributed by atoms with Crippen LogP contribution in [0.15, 0.2) is 42.6 Å². The van der Waals surface area contributed by atoms with Gasteiger partial charge in [-0.05, 0) is 30.3 Å². The lowest BCUT2D eigenvalue weighted by Crippen LogP contribution is -2.05. The lowest BCUT2D eigenvalue weighted by molar-refractivity contribution is -0.137. The molecule has 0 unspecified atom stereocenters. The number of alkyl halides is 3. The molecule has 0 bridgehead atoms. The molecule has 0 spiro atoms. The summed E-state index contributed by atoms with van der Waals surface area (Å²) < 4.78 is 37.9. The van der Waals surface area contributed by atoms with Crippen LogP contribution >= 0.6 is 11.3 Å². The lowest BCUT2D eigenvalue weighted by Gasteiger charge is -2.08. The fourth-order valence-electron chi connectivity index (χ4n) is 1.72. The van der Waals surface area contributed by atoms with Gasteiger partial charge in [0.25, 0.3) is 0 Å². The highest BCUT2D eigenvalue weighted by Gasteiger charge is 2.30. The van der Waals surface area contributed by atoms with Gasteiger partial charge in [0.15, 0.2) is 5.13 Å². The van der Waals surface area contributed by atoms with E-state index in [-0.39, 0.29) is 0 Å². The summed E-state index contributed by atoms with van der Waals surface area (Å²) in [4.78, 5) is 9.14. The van der Waals surface area contributed by atoms with Crippen molar-refractivity contribution in [2.24, 2.45) is 0 Å². The quantitative estimate of drug-likeness (QED) is 0.758. The molecule has 0 fully saturated rings. The molecule has 0 saturated heterocycles. The Kier molecular flexibility index (Phi) is 3.06. The number of halogens is 3. The summed E-state index contributed by atoms with van der Waals surface area (Å²) in [5.74, 6) is 0. The molecule has 3 rings (SSSR count). The molecule has 3 nitrogen and oxygen atoms in total. The van der Waals surface area contributed by atoms with Crippen LogP contribution in [0.4, 0.5) is 24.0 Å². The van der Waals surface area contributed by atoms with E-state index in [1.165, 1.54) is 17.4 Å². The molecule has 7 heteroatoms. The van der Waals surface area contributed by atoms with E-state index in [9.17, 15) is 13.2 Å². The molecular weight excluding hydrogens is 287 g/mol. The highest BCUT2D eigenvalue weighted by molar-refractivity contribution is 7.21. The van der Waals surface area contributed by atoms with E-state index >= 15 is 0 Å². The lowest BCUT2D eigenvalue weighted by atomic mass is 10.2. The van der Waals surface area contributed by atoms with Crippen LogP contribution < -0.4 is 5.32 Å². The van der Waals surface area contributed by atoms with Crippen molar-refractivity contribution in [3.05, 3.63) is 48.2 Å². The van der Waals surface area contributed by atoms with Crippen molar-refractivity contribution in [1.82, 2.24) is 9.97 Å². The SMILES string of the molecule is FC(F)(F)c1cccc(Nc2nc3cccnc3s2)c1. The van der Waals surface area contributed by atoms with Crippen LogP contribution in [0.1, 0.15) is 5.56 Å². The number of hydrogen-bond donors (Lipinski definition) is 1. The largest absolute Gasteiger partial charge is 0.416 e. The Morgan fingerprint density at radius 2 is 1.95 bits per heavy atom. The number of fused-ring (bicyclic) bond motifs is 1. The van der Waals surface area contributed by atoms with Crippen LogP contribution in [0.2, 0.25) is 0 Å². The molecule has 20 heavy (non-hydrogen) atoms. The Balaban J connectivity index is 1.91. The summed E-state index contributed by atoms with van der Waals surface area (Å²) in [5, 5.41) is 3.39. The van der Waals surface area contributed by atoms with E-state index in [2.05, 4.69) is 15.3 Å². The molecule has 0 aliphatic rings. The molecule has 3 aromatic rings. The van der Waals surface area contributed by atoms with Crippen LogP contribution in [-0.4, -0.2) is 9.97 Å². The molecule has 0 amide bonds. The van der Waals surface area contributed by atoms with Gasteiger partial charge < -0.3 is 5.32 Å². The van der Waals surface area contributed by atoms with Crippen LogP contribution in [0.25, 0.3) is 10.3 Å². The minimum absolute atomic E-state index is 0.346. The van der Waals surface area contributed by atoms with E-state index in [0.29, 0.717) is 16.3 Å². The van der Waals surface area contributed by atoms with Crippen LogP contribution in [0, 0.1) is 0 Å². The molecule has 102 valence electrons. The maximum atomic E-state index is 12.6. The third kappa shape index (κ3) is 2.57. The summed E-state index contributed by atoms with van der Waals surface area (Å²) in [6.45, 7) is 0. The van der Waals surface area contributed by atoms with Crippen molar-refractivity contribution < 1.29 is 13.2 Å². The molecule has 1 N–H and O–H groups in total. The van der Waals surface area contributed by atoms with Crippen molar-refractivity contribution in [3.63, 3.8) is 0 Å². The normalized spacial score (nSPS) is 11.8. The Morgan fingerprint density at radius 3 is 2.70 bits per heavy atom. The zero-order valence-electron chi connectivity index (χ0n) is 9.98. The van der Waals surface area contributed by atoms with Gasteiger partial charge in [-0.1, -0.05) is 17.4 Å². The Labute approximate surface area is 116 Å². The molecule has 0 aliphatic heterocycles. The first kappa shape index (κ1) is 12.9. The summed E-state index contributed by atoms with van der Waals surface area (Å²) in [6.07, 6.45) is -2.71. The van der Waals surface area contributed by atoms with Crippen molar-refractivity contribution in [1.29, 1.82) is 0 Å². The van der Waals surface area contributed by atoms with Crippen molar-refractivity contribution in [2.45, 2.75) is 6.18 Å². The highest BCUT2D eigenvalue weighted by Crippen LogP contribution is 2.32. The summed E-state index contributed by atoms with van der Waals surface area (Å²) >= 11 is 1.29. The van der Waals surface area contributed by atoms with Gasteiger partial charge in [-0.15, -0.1) is 0 Å². The zero-order chi connectivity index (χ0) is 14.2. The van der Waals surface area contributed by atoms with Crippen LogP contribution in [0.5, 0.6) is 0 Å². The predicted molar refractivity (Wildman–Crippen MR) is 72.1 cm³/mol. The van der Waals surface area contributed by atoms with E-state index in [1.54, 1.807) is 24.4 Å².